The van der Waals surface area contributed by atoms with Crippen LogP contribution in [0.1, 0.15) is 43.0 Å². The van der Waals surface area contributed by atoms with Gasteiger partial charge in [0.05, 0.1) is 11.1 Å². The Bertz CT molecular complexity index is 2660. The smallest absolute Gasteiger partial charge is 0.457 e. The van der Waals surface area contributed by atoms with Crippen molar-refractivity contribution in [2.45, 2.75) is 57.3 Å². The van der Waals surface area contributed by atoms with Crippen molar-refractivity contribution in [3.8, 4) is 22.6 Å². The lowest BCUT2D eigenvalue weighted by atomic mass is 10.0. The summed E-state index contributed by atoms with van der Waals surface area (Å²) in [6, 6.07) is 34.4. The second-order valence-electron chi connectivity index (χ2n) is 14.8. The molecule has 0 saturated carbocycles. The maximum Gasteiger partial charge on any atom is 0.470 e. The number of benzene rings is 6. The second kappa shape index (κ2) is 19.3. The van der Waals surface area contributed by atoms with E-state index in [4.69, 9.17) is 9.47 Å². The van der Waals surface area contributed by atoms with Gasteiger partial charge in [-0.3, -0.25) is 0 Å². The molecule has 0 radical (unpaired) electrons. The third-order valence-electron chi connectivity index (χ3n) is 10.2. The van der Waals surface area contributed by atoms with Crippen LogP contribution in [0.25, 0.3) is 11.1 Å². The molecule has 0 saturated heterocycles. The van der Waals surface area contributed by atoms with Crippen LogP contribution >= 0.6 is 0 Å². The molecule has 1 unspecified atom stereocenters. The van der Waals surface area contributed by atoms with Crippen LogP contribution < -0.4 is 14.4 Å². The van der Waals surface area contributed by atoms with E-state index in [0.29, 0.717) is 45.8 Å². The Kier molecular flexibility index (Phi) is 14.2. The summed E-state index contributed by atoms with van der Waals surface area (Å²) in [5.41, 5.74) is 6.00. The minimum absolute atomic E-state index is 0.105. The summed E-state index contributed by atoms with van der Waals surface area (Å²) in [7, 11) is 0. The lowest BCUT2D eigenvalue weighted by Gasteiger charge is -2.29. The van der Waals surface area contributed by atoms with E-state index in [1.54, 1.807) is 44.2 Å². The molecule has 352 valence electrons. The highest BCUT2D eigenvalue weighted by molar-refractivity contribution is 5.90. The van der Waals surface area contributed by atoms with Gasteiger partial charge in [-0.15, -0.1) is 0 Å². The van der Waals surface area contributed by atoms with E-state index in [1.807, 2.05) is 65.6 Å². The third-order valence-corrected chi connectivity index (χ3v) is 10.2. The van der Waals surface area contributed by atoms with E-state index < -0.39 is 60.4 Å². The molecular weight excluding hydrogens is 915 g/mol. The van der Waals surface area contributed by atoms with Crippen LogP contribution in [0, 0.1) is 13.8 Å². The summed E-state index contributed by atoms with van der Waals surface area (Å²) < 4.78 is 176. The zero-order valence-corrected chi connectivity index (χ0v) is 34.8. The first-order valence-electron chi connectivity index (χ1n) is 19.6. The number of nitrogens with zero attached hydrogens (tertiary/aromatic N) is 1. The first-order valence-corrected chi connectivity index (χ1v) is 19.6. The Morgan fingerprint density at radius 1 is 0.478 bits per heavy atom. The normalized spacial score (nSPS) is 13.0. The summed E-state index contributed by atoms with van der Waals surface area (Å²) in [5.74, 6) is -14.2. The molecule has 0 amide bonds. The van der Waals surface area contributed by atoms with Crippen LogP contribution in [0.2, 0.25) is 0 Å². The van der Waals surface area contributed by atoms with Crippen molar-refractivity contribution in [1.82, 2.24) is 0 Å². The van der Waals surface area contributed by atoms with E-state index in [9.17, 15) is 62.3 Å². The van der Waals surface area contributed by atoms with E-state index >= 15 is 0 Å². The molecule has 0 fully saturated rings. The molecule has 19 heteroatoms. The molecule has 6 aromatic rings. The first kappa shape index (κ1) is 49.3. The number of carbonyl (C=O) groups is 2. The minimum atomic E-state index is -6.45. The molecule has 0 bridgehead atoms. The Morgan fingerprint density at radius 3 is 1.27 bits per heavy atom. The molecule has 7 nitrogen and oxygen atoms in total. The van der Waals surface area contributed by atoms with Crippen molar-refractivity contribution in [3.63, 3.8) is 0 Å². The summed E-state index contributed by atoms with van der Waals surface area (Å²) in [6.07, 6.45) is -18.6. The van der Waals surface area contributed by atoms with Crippen molar-refractivity contribution in [2.75, 3.05) is 11.6 Å². The maximum atomic E-state index is 14.0. The van der Waals surface area contributed by atoms with Gasteiger partial charge >= 0.3 is 42.2 Å². The minimum Gasteiger partial charge on any atom is -0.457 e. The van der Waals surface area contributed by atoms with Gasteiger partial charge in [0.2, 0.25) is 0 Å². The Hall–Kier alpha value is -7.18. The quantitative estimate of drug-likeness (QED) is 0.0750. The van der Waals surface area contributed by atoms with Gasteiger partial charge in [0.15, 0.2) is 6.67 Å². The molecule has 0 N–H and O–H groups in total. The average molecular weight is 950 g/mol. The van der Waals surface area contributed by atoms with Crippen molar-refractivity contribution < 1.29 is 81.2 Å². The van der Waals surface area contributed by atoms with Gasteiger partial charge in [-0.1, -0.05) is 54.6 Å². The maximum absolute atomic E-state index is 14.0. The number of esters is 2. The van der Waals surface area contributed by atoms with Crippen LogP contribution in [-0.2, 0) is 22.7 Å². The number of ether oxygens (including phenoxy) is 4. The fourth-order valence-corrected chi connectivity index (χ4v) is 6.40. The summed E-state index contributed by atoms with van der Waals surface area (Å²) in [5, 5.41) is 0. The Morgan fingerprint density at radius 2 is 0.881 bits per heavy atom. The van der Waals surface area contributed by atoms with Gasteiger partial charge < -0.3 is 23.8 Å². The highest BCUT2D eigenvalue weighted by Gasteiger charge is 2.76. The number of aryl methyl sites for hydroxylation is 2. The number of anilines is 3. The SMILES string of the molecule is Cc1cc(N(c2ccc(-c3ccccc3)cc2)c2ccc(COC(=O)c3ccc(OC(F)(C(F)(F)F)C(F)(F)F)cc3)c(C)c2)ccc1COC(=O)c1ccc(OC(F)(CF)C(F)(F)F)cc1. The molecule has 67 heavy (non-hydrogen) atoms. The largest absolute Gasteiger partial charge is 0.470 e. The third kappa shape index (κ3) is 11.1. The van der Waals surface area contributed by atoms with Crippen LogP contribution in [0.4, 0.5) is 69.7 Å². The van der Waals surface area contributed by atoms with E-state index in [1.165, 1.54) is 0 Å². The lowest BCUT2D eigenvalue weighted by molar-refractivity contribution is -0.405. The van der Waals surface area contributed by atoms with E-state index in [-0.39, 0.29) is 24.3 Å². The fourth-order valence-electron chi connectivity index (χ4n) is 6.40. The van der Waals surface area contributed by atoms with Crippen molar-refractivity contribution in [3.05, 3.63) is 173 Å². The predicted molar refractivity (Wildman–Crippen MR) is 220 cm³/mol. The molecule has 0 aliphatic carbocycles. The zero-order valence-electron chi connectivity index (χ0n) is 34.8. The van der Waals surface area contributed by atoms with Crippen LogP contribution in [-0.4, -0.2) is 48.9 Å². The standard InChI is InChI=1S/C48H35F12NO6/c1-29-24-38(18-10-35(29)26-64-42(62)33-12-20-40(21-13-33)66-44(50,28-49)46(52,53)54)61(37-16-8-32(9-17-37)31-6-4-3-5-7-31)39-19-11-36(30(2)25-39)27-65-43(63)34-14-22-41(23-15-34)67-45(51,47(55,56)57)48(58,59)60/h3-25H,26-28H2,1-2H3. The van der Waals surface area contributed by atoms with Gasteiger partial charge in [-0.05, 0) is 132 Å². The van der Waals surface area contributed by atoms with E-state index in [0.717, 1.165) is 53.2 Å². The summed E-state index contributed by atoms with van der Waals surface area (Å²) in [6.45, 7) is 0.499. The van der Waals surface area contributed by atoms with Crippen molar-refractivity contribution in [1.29, 1.82) is 0 Å². The molecule has 6 rings (SSSR count). The van der Waals surface area contributed by atoms with Gasteiger partial charge in [0, 0.05) is 17.1 Å². The van der Waals surface area contributed by atoms with E-state index in [2.05, 4.69) is 9.47 Å². The molecule has 0 heterocycles. The number of hydrogen-bond acceptors (Lipinski definition) is 7. The van der Waals surface area contributed by atoms with Crippen LogP contribution in [0.3, 0.4) is 0 Å². The molecule has 0 spiro atoms. The number of hydrogen-bond donors (Lipinski definition) is 0. The zero-order chi connectivity index (χ0) is 49.0. The summed E-state index contributed by atoms with van der Waals surface area (Å²) >= 11 is 0. The van der Waals surface area contributed by atoms with Gasteiger partial charge in [0.1, 0.15) is 24.7 Å². The predicted octanol–water partition coefficient (Wildman–Crippen LogP) is 13.9. The number of halogens is 12. The Balaban J connectivity index is 1.18. The highest BCUT2D eigenvalue weighted by atomic mass is 19.4. The van der Waals surface area contributed by atoms with Gasteiger partial charge in [-0.25, -0.2) is 14.0 Å². The number of carbonyl (C=O) groups excluding carboxylic acids is 2. The molecule has 0 aliphatic rings. The molecule has 0 aliphatic heterocycles. The molecule has 0 aromatic heterocycles. The monoisotopic (exact) mass is 949 g/mol. The fraction of sp³-hybridized carbons (Fsp3) is 0.208. The van der Waals surface area contributed by atoms with Crippen LogP contribution in [0.5, 0.6) is 11.5 Å². The van der Waals surface area contributed by atoms with Crippen molar-refractivity contribution in [2.24, 2.45) is 0 Å². The highest BCUT2D eigenvalue weighted by Crippen LogP contribution is 2.47. The average Bonchev–Trinajstić information content (AvgIpc) is 3.28. The van der Waals surface area contributed by atoms with Crippen molar-refractivity contribution >= 4 is 29.0 Å². The van der Waals surface area contributed by atoms with Gasteiger partial charge in [-0.2, -0.15) is 48.3 Å². The molecular formula is C48H35F12NO6. The molecule has 1 atom stereocenters. The summed E-state index contributed by atoms with van der Waals surface area (Å²) in [4.78, 5) is 27.6. The number of rotatable bonds is 15. The topological polar surface area (TPSA) is 74.3 Å². The van der Waals surface area contributed by atoms with Gasteiger partial charge in [0.25, 0.3) is 0 Å². The second-order valence-corrected chi connectivity index (χ2v) is 14.8. The first-order chi connectivity index (χ1) is 31.4. The number of alkyl halides is 12. The lowest BCUT2D eigenvalue weighted by Crippen LogP contribution is -2.57. The molecule has 6 aromatic carbocycles. The Labute approximate surface area is 374 Å². The van der Waals surface area contributed by atoms with Crippen LogP contribution in [0.15, 0.2) is 140 Å².